The van der Waals surface area contributed by atoms with E-state index in [9.17, 15) is 4.57 Å². The van der Waals surface area contributed by atoms with Gasteiger partial charge < -0.3 is 9.05 Å². The molecule has 1 aromatic carbocycles. The van der Waals surface area contributed by atoms with E-state index in [1.165, 1.54) is 16.7 Å². The van der Waals surface area contributed by atoms with Gasteiger partial charge in [-0.15, -0.1) is 0 Å². The number of rotatable bonds is 13. The van der Waals surface area contributed by atoms with Crippen LogP contribution in [0.1, 0.15) is 77.5 Å². The second-order valence-corrected chi connectivity index (χ2v) is 9.90. The summed E-state index contributed by atoms with van der Waals surface area (Å²) in [5.74, 6) is 0. The van der Waals surface area contributed by atoms with Crippen molar-refractivity contribution >= 4 is 7.82 Å². The van der Waals surface area contributed by atoms with Crippen molar-refractivity contribution < 1.29 is 18.1 Å². The Bertz CT molecular complexity index is 658. The number of aryl methyl sites for hydroxylation is 1. The van der Waals surface area contributed by atoms with Crippen molar-refractivity contribution in [1.29, 1.82) is 0 Å². The van der Waals surface area contributed by atoms with Crippen LogP contribution in [0.3, 0.4) is 0 Å². The fourth-order valence-corrected chi connectivity index (χ4v) is 3.64. The smallest absolute Gasteiger partial charge is 0.404 e. The first kappa shape index (κ1) is 24.5. The zero-order valence-electron chi connectivity index (χ0n) is 18.4. The molecule has 1 rings (SSSR count). The standard InChI is InChI=1S/C23H37O4P/c1-9-22(5,6)20-16-19(17-21(18-20)23(7,8)10-2)14-13-15-27-28(24,25-11-3)26-12-4/h11-12,16-18H,3-4,9-10,13-15H2,1-2,5-8H3. The van der Waals surface area contributed by atoms with Crippen LogP contribution < -0.4 is 0 Å². The van der Waals surface area contributed by atoms with E-state index >= 15 is 0 Å². The van der Waals surface area contributed by atoms with Crippen LogP contribution in [-0.2, 0) is 35.4 Å². The summed E-state index contributed by atoms with van der Waals surface area (Å²) in [6.07, 6.45) is 5.79. The number of phosphoric ester groups is 1. The molecule has 158 valence electrons. The highest BCUT2D eigenvalue weighted by molar-refractivity contribution is 7.48. The molecule has 0 saturated heterocycles. The van der Waals surface area contributed by atoms with Crippen LogP contribution in [0.25, 0.3) is 0 Å². The molecule has 0 fully saturated rings. The Kier molecular flexibility index (Phi) is 9.04. The predicted octanol–water partition coefficient (Wildman–Crippen LogP) is 7.44. The normalized spacial score (nSPS) is 12.5. The van der Waals surface area contributed by atoms with Gasteiger partial charge in [-0.2, -0.15) is 0 Å². The Morgan fingerprint density at radius 1 is 0.929 bits per heavy atom. The highest BCUT2D eigenvalue weighted by Crippen LogP contribution is 2.50. The average Bonchev–Trinajstić information content (AvgIpc) is 2.65. The molecule has 0 amide bonds. The largest absolute Gasteiger partial charge is 0.586 e. The third-order valence-electron chi connectivity index (χ3n) is 5.59. The third-order valence-corrected chi connectivity index (χ3v) is 6.90. The number of phosphoric acid groups is 1. The van der Waals surface area contributed by atoms with E-state index in [4.69, 9.17) is 13.6 Å². The molecule has 0 radical (unpaired) electrons. The van der Waals surface area contributed by atoms with Gasteiger partial charge in [-0.1, -0.05) is 72.9 Å². The van der Waals surface area contributed by atoms with Crippen molar-refractivity contribution in [3.8, 4) is 0 Å². The second kappa shape index (κ2) is 10.3. The molecule has 0 spiro atoms. The van der Waals surface area contributed by atoms with Crippen LogP contribution in [0.5, 0.6) is 0 Å². The van der Waals surface area contributed by atoms with Crippen molar-refractivity contribution in [2.24, 2.45) is 0 Å². The van der Waals surface area contributed by atoms with E-state index in [-0.39, 0.29) is 17.4 Å². The highest BCUT2D eigenvalue weighted by Gasteiger charge is 2.27. The number of hydrogen-bond donors (Lipinski definition) is 0. The van der Waals surface area contributed by atoms with Gasteiger partial charge in [0.1, 0.15) is 0 Å². The Balaban J connectivity index is 2.96. The van der Waals surface area contributed by atoms with E-state index in [1.807, 2.05) is 0 Å². The zero-order chi connectivity index (χ0) is 21.4. The van der Waals surface area contributed by atoms with Crippen molar-refractivity contribution in [3.63, 3.8) is 0 Å². The minimum absolute atomic E-state index is 0.121. The van der Waals surface area contributed by atoms with Gasteiger partial charge in [0.2, 0.25) is 0 Å². The lowest BCUT2D eigenvalue weighted by Crippen LogP contribution is -2.20. The molecular weight excluding hydrogens is 371 g/mol. The Morgan fingerprint density at radius 3 is 1.79 bits per heavy atom. The lowest BCUT2D eigenvalue weighted by molar-refractivity contribution is 0.178. The first-order valence-corrected chi connectivity index (χ1v) is 11.5. The lowest BCUT2D eigenvalue weighted by atomic mass is 9.75. The van der Waals surface area contributed by atoms with Gasteiger partial charge >= 0.3 is 7.82 Å². The third kappa shape index (κ3) is 6.83. The maximum atomic E-state index is 12.3. The van der Waals surface area contributed by atoms with Gasteiger partial charge in [0.15, 0.2) is 0 Å². The van der Waals surface area contributed by atoms with Crippen LogP contribution in [0.2, 0.25) is 0 Å². The molecule has 0 saturated carbocycles. The summed E-state index contributed by atoms with van der Waals surface area (Å²) < 4.78 is 27.4. The fraction of sp³-hybridized carbons (Fsp3) is 0.565. The minimum Gasteiger partial charge on any atom is -0.404 e. The monoisotopic (exact) mass is 408 g/mol. The van der Waals surface area contributed by atoms with Crippen LogP contribution in [0, 0.1) is 0 Å². The Labute approximate surface area is 171 Å². The first-order chi connectivity index (χ1) is 13.0. The maximum Gasteiger partial charge on any atom is 0.586 e. The summed E-state index contributed by atoms with van der Waals surface area (Å²) in [7, 11) is -3.66. The second-order valence-electron chi connectivity index (χ2n) is 8.32. The van der Waals surface area contributed by atoms with Crippen LogP contribution in [-0.4, -0.2) is 6.61 Å². The molecule has 0 bridgehead atoms. The molecule has 0 heterocycles. The van der Waals surface area contributed by atoms with Gasteiger partial charge in [0, 0.05) is 0 Å². The molecule has 0 atom stereocenters. The van der Waals surface area contributed by atoms with Gasteiger partial charge in [0.05, 0.1) is 19.1 Å². The van der Waals surface area contributed by atoms with Crippen molar-refractivity contribution in [3.05, 3.63) is 60.6 Å². The van der Waals surface area contributed by atoms with Gasteiger partial charge in [-0.05, 0) is 53.2 Å². The molecule has 5 heteroatoms. The predicted molar refractivity (Wildman–Crippen MR) is 118 cm³/mol. The molecule has 0 aliphatic rings. The summed E-state index contributed by atoms with van der Waals surface area (Å²) in [6.45, 7) is 20.6. The quantitative estimate of drug-likeness (QED) is 0.193. The first-order valence-electron chi connectivity index (χ1n) is 10.0. The maximum absolute atomic E-state index is 12.3. The minimum atomic E-state index is -3.66. The lowest BCUT2D eigenvalue weighted by Gasteiger charge is -2.29. The number of hydrogen-bond acceptors (Lipinski definition) is 4. The van der Waals surface area contributed by atoms with Crippen molar-refractivity contribution in [2.45, 2.75) is 78.1 Å². The van der Waals surface area contributed by atoms with E-state index in [1.54, 1.807) is 0 Å². The van der Waals surface area contributed by atoms with Crippen LogP contribution >= 0.6 is 7.82 Å². The van der Waals surface area contributed by atoms with Gasteiger partial charge in [-0.3, -0.25) is 4.52 Å². The van der Waals surface area contributed by atoms with Crippen LogP contribution in [0.15, 0.2) is 43.9 Å². The van der Waals surface area contributed by atoms with Gasteiger partial charge in [-0.25, -0.2) is 4.57 Å². The average molecular weight is 409 g/mol. The molecule has 4 nitrogen and oxygen atoms in total. The zero-order valence-corrected chi connectivity index (χ0v) is 19.3. The van der Waals surface area contributed by atoms with E-state index < -0.39 is 7.82 Å². The highest BCUT2D eigenvalue weighted by atomic mass is 31.2. The Morgan fingerprint density at radius 2 is 1.39 bits per heavy atom. The summed E-state index contributed by atoms with van der Waals surface area (Å²) in [6, 6.07) is 6.94. The van der Waals surface area contributed by atoms with E-state index in [0.29, 0.717) is 6.42 Å². The molecule has 0 unspecified atom stereocenters. The SMILES string of the molecule is C=COP(=O)(OC=C)OCCCc1cc(C(C)(C)CC)cc(C(C)(C)CC)c1. The number of benzene rings is 1. The van der Waals surface area contributed by atoms with Gasteiger partial charge in [0.25, 0.3) is 0 Å². The fourth-order valence-electron chi connectivity index (χ4n) is 2.75. The molecule has 0 N–H and O–H groups in total. The molecule has 0 aliphatic carbocycles. The molecular formula is C23H37O4P. The summed E-state index contributed by atoms with van der Waals surface area (Å²) >= 11 is 0. The van der Waals surface area contributed by atoms with Crippen molar-refractivity contribution in [2.75, 3.05) is 6.61 Å². The molecule has 0 aromatic heterocycles. The summed E-state index contributed by atoms with van der Waals surface area (Å²) in [4.78, 5) is 0. The van der Waals surface area contributed by atoms with Crippen LogP contribution in [0.4, 0.5) is 0 Å². The van der Waals surface area contributed by atoms with E-state index in [2.05, 4.69) is 72.9 Å². The van der Waals surface area contributed by atoms with E-state index in [0.717, 1.165) is 31.8 Å². The molecule has 0 aliphatic heterocycles. The van der Waals surface area contributed by atoms with Crippen molar-refractivity contribution in [1.82, 2.24) is 0 Å². The topological polar surface area (TPSA) is 44.8 Å². The molecule has 1 aromatic rings. The summed E-state index contributed by atoms with van der Waals surface area (Å²) in [5, 5.41) is 0. The summed E-state index contributed by atoms with van der Waals surface area (Å²) in [5.41, 5.74) is 4.23. The molecule has 28 heavy (non-hydrogen) atoms. The Hall–Kier alpha value is -1.51.